The first-order valence-electron chi connectivity index (χ1n) is 4.55. The van der Waals surface area contributed by atoms with Gasteiger partial charge in [-0.1, -0.05) is 5.11 Å². The van der Waals surface area contributed by atoms with Gasteiger partial charge in [0.15, 0.2) is 11.4 Å². The van der Waals surface area contributed by atoms with E-state index in [1.54, 1.807) is 0 Å². The zero-order chi connectivity index (χ0) is 13.6. The molecule has 9 heteroatoms. The Bertz CT molecular complexity index is 411. The molecular formula is C8H11BF4N4. The van der Waals surface area contributed by atoms with E-state index in [2.05, 4.69) is 10.0 Å². The van der Waals surface area contributed by atoms with Crippen molar-refractivity contribution in [3.05, 3.63) is 34.0 Å². The van der Waals surface area contributed by atoms with Crippen LogP contribution in [0, 0.1) is 13.8 Å². The quantitative estimate of drug-likeness (QED) is 0.183. The van der Waals surface area contributed by atoms with E-state index in [0.717, 1.165) is 11.4 Å². The SMILES string of the molecule is Cc1cc(N=[N+]=[N-])cc(C)[n+]1C.F[B-](F)(F)F. The summed E-state index contributed by atoms with van der Waals surface area (Å²) < 4.78 is 41.0. The summed E-state index contributed by atoms with van der Waals surface area (Å²) in [6, 6.07) is 3.71. The third-order valence-corrected chi connectivity index (χ3v) is 1.93. The van der Waals surface area contributed by atoms with Crippen LogP contribution in [0.3, 0.4) is 0 Å². The Morgan fingerprint density at radius 3 is 1.82 bits per heavy atom. The summed E-state index contributed by atoms with van der Waals surface area (Å²) >= 11 is 0. The third-order valence-electron chi connectivity index (χ3n) is 1.93. The van der Waals surface area contributed by atoms with Crippen LogP contribution in [0.5, 0.6) is 0 Å². The number of pyridine rings is 1. The summed E-state index contributed by atoms with van der Waals surface area (Å²) in [7, 11) is -4.02. The van der Waals surface area contributed by atoms with E-state index in [-0.39, 0.29) is 0 Å². The molecule has 1 heterocycles. The lowest BCUT2D eigenvalue weighted by Gasteiger charge is -1.98. The molecule has 0 saturated carbocycles. The van der Waals surface area contributed by atoms with E-state index in [0.29, 0.717) is 5.69 Å². The van der Waals surface area contributed by atoms with Crippen molar-refractivity contribution >= 4 is 12.9 Å². The Morgan fingerprint density at radius 2 is 1.53 bits per heavy atom. The number of azide groups is 1. The van der Waals surface area contributed by atoms with E-state index >= 15 is 0 Å². The van der Waals surface area contributed by atoms with Gasteiger partial charge in [0.05, 0.1) is 0 Å². The number of rotatable bonds is 1. The molecule has 0 N–H and O–H groups in total. The van der Waals surface area contributed by atoms with Gasteiger partial charge >= 0.3 is 7.25 Å². The Kier molecular flexibility index (Phi) is 5.47. The maximum atomic E-state index is 9.75. The zero-order valence-electron chi connectivity index (χ0n) is 9.53. The monoisotopic (exact) mass is 250 g/mol. The molecule has 0 aliphatic rings. The standard InChI is InChI=1S/C8H11N4.BF4/c1-6-4-8(10-11-9)5-7(2)12(6)3;2-1(3,4)5/h4-5H,1-3H3;/q+1;-1. The van der Waals surface area contributed by atoms with E-state index in [4.69, 9.17) is 5.53 Å². The molecule has 94 valence electrons. The topological polar surface area (TPSA) is 52.6 Å². The summed E-state index contributed by atoms with van der Waals surface area (Å²) in [6.07, 6.45) is 0. The minimum absolute atomic E-state index is 0.672. The predicted octanol–water partition coefficient (Wildman–Crippen LogP) is 3.37. The smallest absolute Gasteiger partial charge is 0.418 e. The molecule has 0 spiro atoms. The molecule has 0 atom stereocenters. The van der Waals surface area contributed by atoms with Crippen LogP contribution in [0.2, 0.25) is 0 Å². The van der Waals surface area contributed by atoms with E-state index in [1.165, 1.54) is 0 Å². The fourth-order valence-corrected chi connectivity index (χ4v) is 1.05. The highest BCUT2D eigenvalue weighted by Gasteiger charge is 2.20. The second-order valence-electron chi connectivity index (χ2n) is 3.24. The van der Waals surface area contributed by atoms with Crippen LogP contribution in [0.4, 0.5) is 23.0 Å². The van der Waals surface area contributed by atoms with Crippen molar-refractivity contribution in [1.29, 1.82) is 0 Å². The van der Waals surface area contributed by atoms with Crippen molar-refractivity contribution in [2.75, 3.05) is 0 Å². The second-order valence-corrected chi connectivity index (χ2v) is 3.24. The number of hydrogen-bond acceptors (Lipinski definition) is 1. The van der Waals surface area contributed by atoms with Gasteiger partial charge in [-0.15, -0.1) is 0 Å². The summed E-state index contributed by atoms with van der Waals surface area (Å²) in [5.74, 6) is 0. The Morgan fingerprint density at radius 1 is 1.18 bits per heavy atom. The lowest BCUT2D eigenvalue weighted by molar-refractivity contribution is -0.683. The van der Waals surface area contributed by atoms with Gasteiger partial charge in [0.2, 0.25) is 0 Å². The van der Waals surface area contributed by atoms with Crippen LogP contribution >= 0.6 is 0 Å². The first-order valence-corrected chi connectivity index (χ1v) is 4.55. The van der Waals surface area contributed by atoms with E-state index in [1.807, 2.05) is 37.6 Å². The molecule has 0 fully saturated rings. The van der Waals surface area contributed by atoms with Gasteiger partial charge in [-0.2, -0.15) is 0 Å². The Balaban J connectivity index is 0.000000437. The highest BCUT2D eigenvalue weighted by atomic mass is 19.5. The van der Waals surface area contributed by atoms with Crippen LogP contribution < -0.4 is 4.57 Å². The molecule has 17 heavy (non-hydrogen) atoms. The number of aromatic nitrogens is 1. The normalized spacial score (nSPS) is 10.1. The average Bonchev–Trinajstić information content (AvgIpc) is 2.12. The highest BCUT2D eigenvalue weighted by molar-refractivity contribution is 6.50. The molecule has 1 aromatic heterocycles. The molecule has 1 aromatic rings. The predicted molar refractivity (Wildman–Crippen MR) is 56.1 cm³/mol. The van der Waals surface area contributed by atoms with E-state index < -0.39 is 7.25 Å². The molecule has 0 unspecified atom stereocenters. The largest absolute Gasteiger partial charge is 0.673 e. The lowest BCUT2D eigenvalue weighted by Crippen LogP contribution is -2.34. The molecule has 1 rings (SSSR count). The average molecular weight is 250 g/mol. The molecule has 0 bridgehead atoms. The van der Waals surface area contributed by atoms with E-state index in [9.17, 15) is 17.3 Å². The number of aryl methyl sites for hydroxylation is 2. The summed E-state index contributed by atoms with van der Waals surface area (Å²) in [5.41, 5.74) is 11.1. The van der Waals surface area contributed by atoms with Crippen molar-refractivity contribution < 1.29 is 21.8 Å². The molecule has 0 aliphatic carbocycles. The van der Waals surface area contributed by atoms with Gasteiger partial charge < -0.3 is 17.3 Å². The van der Waals surface area contributed by atoms with Gasteiger partial charge in [0.1, 0.15) is 7.05 Å². The van der Waals surface area contributed by atoms with Crippen LogP contribution in [0.25, 0.3) is 10.4 Å². The zero-order valence-corrected chi connectivity index (χ0v) is 9.53. The minimum Gasteiger partial charge on any atom is -0.418 e. The molecule has 0 aliphatic heterocycles. The maximum Gasteiger partial charge on any atom is 0.673 e. The van der Waals surface area contributed by atoms with Gasteiger partial charge in [0, 0.05) is 36.6 Å². The third kappa shape index (κ3) is 7.18. The molecule has 4 nitrogen and oxygen atoms in total. The van der Waals surface area contributed by atoms with Crippen LogP contribution in [-0.2, 0) is 7.05 Å². The van der Waals surface area contributed by atoms with Crippen molar-refractivity contribution in [2.24, 2.45) is 12.2 Å². The van der Waals surface area contributed by atoms with Gasteiger partial charge in [-0.25, -0.2) is 4.57 Å². The van der Waals surface area contributed by atoms with Crippen molar-refractivity contribution in [2.45, 2.75) is 13.8 Å². The van der Waals surface area contributed by atoms with Crippen molar-refractivity contribution in [3.63, 3.8) is 0 Å². The highest BCUT2D eigenvalue weighted by Crippen LogP contribution is 2.12. The first-order chi connectivity index (χ1) is 7.65. The number of nitrogens with zero attached hydrogens (tertiary/aromatic N) is 4. The van der Waals surface area contributed by atoms with Gasteiger partial charge in [-0.3, -0.25) is 0 Å². The second kappa shape index (κ2) is 6.10. The Labute approximate surface area is 95.6 Å². The van der Waals surface area contributed by atoms with Crippen LogP contribution in [-0.4, -0.2) is 7.25 Å². The number of halogens is 4. The summed E-state index contributed by atoms with van der Waals surface area (Å²) in [4.78, 5) is 2.73. The first kappa shape index (κ1) is 15.2. The van der Waals surface area contributed by atoms with Crippen LogP contribution in [0.1, 0.15) is 11.4 Å². The van der Waals surface area contributed by atoms with Gasteiger partial charge in [0.25, 0.3) is 0 Å². The maximum absolute atomic E-state index is 9.75. The fraction of sp³-hybridized carbons (Fsp3) is 0.375. The molecule has 0 amide bonds. The summed E-state index contributed by atoms with van der Waals surface area (Å²) in [5, 5.41) is 3.54. The van der Waals surface area contributed by atoms with Gasteiger partial charge in [-0.05, 0) is 5.53 Å². The molecule has 0 radical (unpaired) electrons. The number of hydrogen-bond donors (Lipinski definition) is 0. The molecule has 0 saturated heterocycles. The Hall–Kier alpha value is -1.76. The fourth-order valence-electron chi connectivity index (χ4n) is 1.05. The van der Waals surface area contributed by atoms with Crippen LogP contribution in [0.15, 0.2) is 17.2 Å². The minimum atomic E-state index is -6.00. The summed E-state index contributed by atoms with van der Waals surface area (Å²) in [6.45, 7) is 3.95. The molecule has 0 aromatic carbocycles. The van der Waals surface area contributed by atoms with Crippen molar-refractivity contribution in [1.82, 2.24) is 0 Å². The lowest BCUT2D eigenvalue weighted by atomic mass is 10.3. The van der Waals surface area contributed by atoms with Crippen molar-refractivity contribution in [3.8, 4) is 0 Å². The molecular weight excluding hydrogens is 239 g/mol.